The van der Waals surface area contributed by atoms with Crippen molar-refractivity contribution in [3.63, 3.8) is 0 Å². The highest BCUT2D eigenvalue weighted by molar-refractivity contribution is 5.43. The topological polar surface area (TPSA) is 57.9 Å². The lowest BCUT2D eigenvalue weighted by Crippen LogP contribution is -2.31. The van der Waals surface area contributed by atoms with Crippen LogP contribution in [0.5, 0.6) is 0 Å². The maximum atomic E-state index is 8.82. The first-order valence-electron chi connectivity index (χ1n) is 5.87. The molecule has 0 radical (unpaired) electrons. The fourth-order valence-corrected chi connectivity index (χ4v) is 1.41. The van der Waals surface area contributed by atoms with Crippen LogP contribution in [0.4, 0.5) is 5.82 Å². The maximum absolute atomic E-state index is 8.82. The lowest BCUT2D eigenvalue weighted by atomic mass is 10.1. The van der Waals surface area contributed by atoms with Crippen LogP contribution < -0.4 is 5.32 Å². The molecular formula is C13H19N3O. The number of nitrogens with one attached hydrogen (secondary N) is 1. The van der Waals surface area contributed by atoms with Gasteiger partial charge in [-0.15, -0.1) is 0 Å². The SMILES string of the molecule is CCOCC(Nc1cc(C#N)ccn1)C(C)C. The van der Waals surface area contributed by atoms with E-state index in [0.717, 1.165) is 5.82 Å². The van der Waals surface area contributed by atoms with Gasteiger partial charge in [0.05, 0.1) is 24.3 Å². The molecule has 0 saturated heterocycles. The van der Waals surface area contributed by atoms with Crippen LogP contribution in [0.25, 0.3) is 0 Å². The highest BCUT2D eigenvalue weighted by Crippen LogP contribution is 2.12. The minimum Gasteiger partial charge on any atom is -0.380 e. The van der Waals surface area contributed by atoms with Gasteiger partial charge in [0.15, 0.2) is 0 Å². The van der Waals surface area contributed by atoms with Crippen molar-refractivity contribution in [1.29, 1.82) is 5.26 Å². The Labute approximate surface area is 103 Å². The third kappa shape index (κ3) is 4.41. The average molecular weight is 233 g/mol. The summed E-state index contributed by atoms with van der Waals surface area (Å²) < 4.78 is 5.43. The van der Waals surface area contributed by atoms with Crippen LogP contribution >= 0.6 is 0 Å². The van der Waals surface area contributed by atoms with Crippen LogP contribution in [0.3, 0.4) is 0 Å². The highest BCUT2D eigenvalue weighted by atomic mass is 16.5. The van der Waals surface area contributed by atoms with Crippen molar-refractivity contribution >= 4 is 5.82 Å². The van der Waals surface area contributed by atoms with E-state index < -0.39 is 0 Å². The molecule has 0 fully saturated rings. The van der Waals surface area contributed by atoms with Gasteiger partial charge in [-0.1, -0.05) is 13.8 Å². The van der Waals surface area contributed by atoms with Crippen molar-refractivity contribution in [2.75, 3.05) is 18.5 Å². The Kier molecular flexibility index (Phi) is 5.44. The molecule has 1 N–H and O–H groups in total. The number of hydrogen-bond donors (Lipinski definition) is 1. The molecule has 4 heteroatoms. The van der Waals surface area contributed by atoms with Gasteiger partial charge in [-0.05, 0) is 25.0 Å². The van der Waals surface area contributed by atoms with Crippen LogP contribution in [0.2, 0.25) is 0 Å². The number of rotatable bonds is 6. The van der Waals surface area contributed by atoms with E-state index in [1.54, 1.807) is 18.3 Å². The molecule has 1 rings (SSSR count). The van der Waals surface area contributed by atoms with E-state index in [1.165, 1.54) is 0 Å². The third-order valence-electron chi connectivity index (χ3n) is 2.53. The summed E-state index contributed by atoms with van der Waals surface area (Å²) in [4.78, 5) is 4.20. The van der Waals surface area contributed by atoms with Gasteiger partial charge >= 0.3 is 0 Å². The first-order valence-corrected chi connectivity index (χ1v) is 5.87. The predicted octanol–water partition coefficient (Wildman–Crippen LogP) is 2.43. The van der Waals surface area contributed by atoms with Gasteiger partial charge in [-0.2, -0.15) is 5.26 Å². The van der Waals surface area contributed by atoms with E-state index in [2.05, 4.69) is 30.2 Å². The predicted molar refractivity (Wildman–Crippen MR) is 67.7 cm³/mol. The summed E-state index contributed by atoms with van der Waals surface area (Å²) >= 11 is 0. The molecule has 1 aromatic rings. The number of ether oxygens (including phenoxy) is 1. The molecule has 0 aromatic carbocycles. The van der Waals surface area contributed by atoms with E-state index in [1.807, 2.05) is 6.92 Å². The largest absolute Gasteiger partial charge is 0.380 e. The number of hydrogen-bond acceptors (Lipinski definition) is 4. The zero-order valence-corrected chi connectivity index (χ0v) is 10.6. The lowest BCUT2D eigenvalue weighted by molar-refractivity contribution is 0.126. The molecule has 92 valence electrons. The molecule has 17 heavy (non-hydrogen) atoms. The summed E-state index contributed by atoms with van der Waals surface area (Å²) in [6.07, 6.45) is 1.64. The molecular weight excluding hydrogens is 214 g/mol. The second-order valence-corrected chi connectivity index (χ2v) is 4.20. The van der Waals surface area contributed by atoms with Gasteiger partial charge in [-0.25, -0.2) is 4.98 Å². The summed E-state index contributed by atoms with van der Waals surface area (Å²) in [5.74, 6) is 1.16. The smallest absolute Gasteiger partial charge is 0.127 e. The van der Waals surface area contributed by atoms with Crippen LogP contribution in [0, 0.1) is 17.2 Å². The van der Waals surface area contributed by atoms with Crippen LogP contribution in [0.1, 0.15) is 26.3 Å². The number of nitriles is 1. The minimum absolute atomic E-state index is 0.205. The Morgan fingerprint density at radius 3 is 2.88 bits per heavy atom. The summed E-state index contributed by atoms with van der Waals surface area (Å²) in [5, 5.41) is 12.1. The molecule has 0 saturated carbocycles. The van der Waals surface area contributed by atoms with Crippen LogP contribution in [-0.2, 0) is 4.74 Å². The van der Waals surface area contributed by atoms with Gasteiger partial charge in [0.1, 0.15) is 5.82 Å². The normalized spacial score (nSPS) is 12.2. The minimum atomic E-state index is 0.205. The van der Waals surface area contributed by atoms with E-state index in [4.69, 9.17) is 10.00 Å². The van der Waals surface area contributed by atoms with E-state index in [-0.39, 0.29) is 6.04 Å². The Hall–Kier alpha value is -1.60. The lowest BCUT2D eigenvalue weighted by Gasteiger charge is -2.22. The molecule has 0 aliphatic rings. The van der Waals surface area contributed by atoms with Gasteiger partial charge < -0.3 is 10.1 Å². The molecule has 0 spiro atoms. The molecule has 1 unspecified atom stereocenters. The molecule has 0 aliphatic carbocycles. The molecule has 1 aromatic heterocycles. The Morgan fingerprint density at radius 2 is 2.29 bits per heavy atom. The fraction of sp³-hybridized carbons (Fsp3) is 0.538. The quantitative estimate of drug-likeness (QED) is 0.819. The Bertz CT molecular complexity index is 384. The van der Waals surface area contributed by atoms with Crippen molar-refractivity contribution in [3.05, 3.63) is 23.9 Å². The average Bonchev–Trinajstić information content (AvgIpc) is 2.34. The summed E-state index contributed by atoms with van der Waals surface area (Å²) in [7, 11) is 0. The molecule has 0 aliphatic heterocycles. The monoisotopic (exact) mass is 233 g/mol. The molecule has 4 nitrogen and oxygen atoms in total. The van der Waals surface area contributed by atoms with Crippen molar-refractivity contribution in [2.24, 2.45) is 5.92 Å². The van der Waals surface area contributed by atoms with Gasteiger partial charge in [0, 0.05) is 12.8 Å². The Morgan fingerprint density at radius 1 is 1.53 bits per heavy atom. The van der Waals surface area contributed by atoms with Gasteiger partial charge in [0.2, 0.25) is 0 Å². The zero-order chi connectivity index (χ0) is 12.7. The van der Waals surface area contributed by atoms with Crippen molar-refractivity contribution in [1.82, 2.24) is 4.98 Å². The van der Waals surface area contributed by atoms with E-state index in [9.17, 15) is 0 Å². The number of nitrogens with zero attached hydrogens (tertiary/aromatic N) is 2. The van der Waals surface area contributed by atoms with Gasteiger partial charge in [0.25, 0.3) is 0 Å². The highest BCUT2D eigenvalue weighted by Gasteiger charge is 2.13. The summed E-state index contributed by atoms with van der Waals surface area (Å²) in [6.45, 7) is 7.59. The van der Waals surface area contributed by atoms with Crippen LogP contribution in [-0.4, -0.2) is 24.2 Å². The second-order valence-electron chi connectivity index (χ2n) is 4.20. The number of aromatic nitrogens is 1. The molecule has 1 heterocycles. The van der Waals surface area contributed by atoms with Crippen molar-refractivity contribution in [3.8, 4) is 6.07 Å². The van der Waals surface area contributed by atoms with Gasteiger partial charge in [-0.3, -0.25) is 0 Å². The fourth-order valence-electron chi connectivity index (χ4n) is 1.41. The first-order chi connectivity index (χ1) is 8.17. The Balaban J connectivity index is 2.68. The summed E-state index contributed by atoms with van der Waals surface area (Å²) in [5.41, 5.74) is 0.612. The number of pyridine rings is 1. The maximum Gasteiger partial charge on any atom is 0.127 e. The first kappa shape index (κ1) is 13.5. The van der Waals surface area contributed by atoms with E-state index >= 15 is 0 Å². The van der Waals surface area contributed by atoms with Crippen LogP contribution in [0.15, 0.2) is 18.3 Å². The standard InChI is InChI=1S/C13H19N3O/c1-4-17-9-12(10(2)3)16-13-7-11(8-14)5-6-15-13/h5-7,10,12H,4,9H2,1-3H3,(H,15,16). The molecule has 1 atom stereocenters. The second kappa shape index (κ2) is 6.87. The zero-order valence-electron chi connectivity index (χ0n) is 10.6. The van der Waals surface area contributed by atoms with Crippen molar-refractivity contribution < 1.29 is 4.74 Å². The van der Waals surface area contributed by atoms with Crippen molar-refractivity contribution in [2.45, 2.75) is 26.8 Å². The molecule has 0 bridgehead atoms. The number of anilines is 1. The van der Waals surface area contributed by atoms with E-state index in [0.29, 0.717) is 24.7 Å². The molecule has 0 amide bonds. The summed E-state index contributed by atoms with van der Waals surface area (Å²) in [6, 6.07) is 5.75. The third-order valence-corrected chi connectivity index (χ3v) is 2.53.